The van der Waals surface area contributed by atoms with Gasteiger partial charge in [-0.15, -0.1) is 0 Å². The summed E-state index contributed by atoms with van der Waals surface area (Å²) in [6, 6.07) is 0.112. The fourth-order valence-electron chi connectivity index (χ4n) is 2.45. The van der Waals surface area contributed by atoms with E-state index in [1.54, 1.807) is 0 Å². The summed E-state index contributed by atoms with van der Waals surface area (Å²) in [5.74, 6) is 0. The Bertz CT molecular complexity index is 314. The van der Waals surface area contributed by atoms with Crippen molar-refractivity contribution < 1.29 is 8.42 Å². The van der Waals surface area contributed by atoms with E-state index in [9.17, 15) is 8.42 Å². The van der Waals surface area contributed by atoms with Crippen LogP contribution in [0, 0.1) is 0 Å². The smallest absolute Gasteiger partial charge is 0.151 e. The van der Waals surface area contributed by atoms with Gasteiger partial charge in [0, 0.05) is 12.3 Å². The molecule has 0 aromatic carbocycles. The Morgan fingerprint density at radius 3 is 1.95 bits per heavy atom. The van der Waals surface area contributed by atoms with Crippen LogP contribution in [0.3, 0.4) is 0 Å². The highest BCUT2D eigenvalue weighted by molar-refractivity contribution is 7.91. The van der Waals surface area contributed by atoms with Crippen molar-refractivity contribution in [3.63, 3.8) is 0 Å². The maximum absolute atomic E-state index is 11.7. The SMILES string of the molecule is CCCCCCCCCC(NCCC)C(C)S(C)(=O)=O. The molecule has 0 amide bonds. The number of sulfone groups is 1. The van der Waals surface area contributed by atoms with E-state index < -0.39 is 9.84 Å². The summed E-state index contributed by atoms with van der Waals surface area (Å²) in [5, 5.41) is 3.12. The van der Waals surface area contributed by atoms with Gasteiger partial charge in [-0.2, -0.15) is 0 Å². The first-order valence-electron chi connectivity index (χ1n) is 8.35. The number of rotatable bonds is 13. The number of hydrogen-bond acceptors (Lipinski definition) is 3. The lowest BCUT2D eigenvalue weighted by Crippen LogP contribution is -2.42. The van der Waals surface area contributed by atoms with Gasteiger partial charge in [-0.3, -0.25) is 0 Å². The van der Waals surface area contributed by atoms with Crippen LogP contribution >= 0.6 is 0 Å². The summed E-state index contributed by atoms with van der Waals surface area (Å²) in [6.07, 6.45) is 12.3. The van der Waals surface area contributed by atoms with Gasteiger partial charge in [-0.25, -0.2) is 8.42 Å². The molecule has 0 heterocycles. The topological polar surface area (TPSA) is 46.2 Å². The summed E-state index contributed by atoms with van der Waals surface area (Å²) in [5.41, 5.74) is 0. The van der Waals surface area contributed by atoms with E-state index in [4.69, 9.17) is 0 Å². The van der Waals surface area contributed by atoms with Crippen LogP contribution < -0.4 is 5.32 Å². The van der Waals surface area contributed by atoms with E-state index in [-0.39, 0.29) is 11.3 Å². The van der Waals surface area contributed by atoms with Crippen LogP contribution in [0.4, 0.5) is 0 Å². The van der Waals surface area contributed by atoms with E-state index in [0.717, 1.165) is 25.8 Å². The lowest BCUT2D eigenvalue weighted by Gasteiger charge is -2.24. The largest absolute Gasteiger partial charge is 0.313 e. The molecule has 0 spiro atoms. The molecule has 0 aliphatic heterocycles. The van der Waals surface area contributed by atoms with Crippen LogP contribution in [0.1, 0.15) is 78.6 Å². The number of unbranched alkanes of at least 4 members (excludes halogenated alkanes) is 6. The fraction of sp³-hybridized carbons (Fsp3) is 1.00. The van der Waals surface area contributed by atoms with Crippen molar-refractivity contribution in [1.29, 1.82) is 0 Å². The van der Waals surface area contributed by atoms with Crippen molar-refractivity contribution in [2.24, 2.45) is 0 Å². The average molecular weight is 306 g/mol. The maximum Gasteiger partial charge on any atom is 0.151 e. The normalized spacial score (nSPS) is 15.2. The quantitative estimate of drug-likeness (QED) is 0.524. The highest BCUT2D eigenvalue weighted by atomic mass is 32.2. The lowest BCUT2D eigenvalue weighted by atomic mass is 10.0. The summed E-state index contributed by atoms with van der Waals surface area (Å²) in [6.45, 7) is 7.09. The molecule has 122 valence electrons. The van der Waals surface area contributed by atoms with Crippen LogP contribution in [0.25, 0.3) is 0 Å². The third-order valence-electron chi connectivity index (χ3n) is 4.02. The van der Waals surface area contributed by atoms with Crippen molar-refractivity contribution in [1.82, 2.24) is 5.32 Å². The van der Waals surface area contributed by atoms with Crippen LogP contribution in [0.5, 0.6) is 0 Å². The third kappa shape index (κ3) is 9.76. The van der Waals surface area contributed by atoms with E-state index in [0.29, 0.717) is 0 Å². The summed E-state index contributed by atoms with van der Waals surface area (Å²) in [7, 11) is -2.95. The van der Waals surface area contributed by atoms with Gasteiger partial charge in [0.05, 0.1) is 5.25 Å². The molecule has 0 radical (unpaired) electrons. The zero-order chi connectivity index (χ0) is 15.4. The molecule has 4 heteroatoms. The third-order valence-corrected chi connectivity index (χ3v) is 5.70. The van der Waals surface area contributed by atoms with Crippen LogP contribution in [-0.4, -0.2) is 32.5 Å². The molecule has 0 aliphatic carbocycles. The molecule has 0 rings (SSSR count). The zero-order valence-corrected chi connectivity index (χ0v) is 14.8. The highest BCUT2D eigenvalue weighted by Gasteiger charge is 2.24. The Kier molecular flexibility index (Phi) is 11.5. The van der Waals surface area contributed by atoms with Gasteiger partial charge in [-0.1, -0.05) is 58.8 Å². The minimum absolute atomic E-state index is 0.112. The predicted molar refractivity (Wildman–Crippen MR) is 89.0 cm³/mol. The van der Waals surface area contributed by atoms with Crippen molar-refractivity contribution in [3.05, 3.63) is 0 Å². The Morgan fingerprint density at radius 2 is 1.45 bits per heavy atom. The molecule has 0 bridgehead atoms. The van der Waals surface area contributed by atoms with Gasteiger partial charge in [0.1, 0.15) is 0 Å². The molecule has 0 aromatic rings. The average Bonchev–Trinajstić information content (AvgIpc) is 2.39. The predicted octanol–water partition coefficient (Wildman–Crippen LogP) is 3.93. The maximum atomic E-state index is 11.7. The molecule has 3 nitrogen and oxygen atoms in total. The molecule has 0 aromatic heterocycles. The summed E-state index contributed by atoms with van der Waals surface area (Å²) in [4.78, 5) is 0. The molecule has 0 saturated carbocycles. The lowest BCUT2D eigenvalue weighted by molar-refractivity contribution is 0.437. The second-order valence-corrected chi connectivity index (χ2v) is 8.41. The van der Waals surface area contributed by atoms with Crippen molar-refractivity contribution in [3.8, 4) is 0 Å². The van der Waals surface area contributed by atoms with Crippen molar-refractivity contribution in [2.75, 3.05) is 12.8 Å². The van der Waals surface area contributed by atoms with E-state index in [1.165, 1.54) is 44.8 Å². The molecule has 2 unspecified atom stereocenters. The zero-order valence-electron chi connectivity index (χ0n) is 14.0. The summed E-state index contributed by atoms with van der Waals surface area (Å²) < 4.78 is 23.4. The van der Waals surface area contributed by atoms with Gasteiger partial charge in [-0.05, 0) is 26.3 Å². The Labute approximate surface area is 126 Å². The van der Waals surface area contributed by atoms with Crippen LogP contribution in [-0.2, 0) is 9.84 Å². The molecule has 1 N–H and O–H groups in total. The Balaban J connectivity index is 3.99. The number of nitrogens with one attached hydrogen (secondary N) is 1. The van der Waals surface area contributed by atoms with Gasteiger partial charge < -0.3 is 5.32 Å². The Hall–Kier alpha value is -0.0900. The standard InChI is InChI=1S/C16H35NO2S/c1-5-7-8-9-10-11-12-13-16(17-14-6-2)15(3)20(4,18)19/h15-17H,5-14H2,1-4H3. The number of hydrogen-bond donors (Lipinski definition) is 1. The first-order chi connectivity index (χ1) is 9.43. The monoisotopic (exact) mass is 305 g/mol. The molecule has 0 saturated heterocycles. The van der Waals surface area contributed by atoms with E-state index in [1.807, 2.05) is 6.92 Å². The van der Waals surface area contributed by atoms with Gasteiger partial charge >= 0.3 is 0 Å². The molecule has 20 heavy (non-hydrogen) atoms. The van der Waals surface area contributed by atoms with Gasteiger partial charge in [0.2, 0.25) is 0 Å². The Morgan fingerprint density at radius 1 is 0.900 bits per heavy atom. The van der Waals surface area contributed by atoms with E-state index in [2.05, 4.69) is 19.2 Å². The highest BCUT2D eigenvalue weighted by Crippen LogP contribution is 2.14. The van der Waals surface area contributed by atoms with E-state index >= 15 is 0 Å². The molecule has 2 atom stereocenters. The van der Waals surface area contributed by atoms with Gasteiger partial charge in [0.25, 0.3) is 0 Å². The van der Waals surface area contributed by atoms with Crippen LogP contribution in [0.15, 0.2) is 0 Å². The van der Waals surface area contributed by atoms with Crippen molar-refractivity contribution >= 4 is 9.84 Å². The second kappa shape index (κ2) is 11.6. The van der Waals surface area contributed by atoms with Crippen LogP contribution in [0.2, 0.25) is 0 Å². The summed E-state index contributed by atoms with van der Waals surface area (Å²) >= 11 is 0. The van der Waals surface area contributed by atoms with Gasteiger partial charge in [0.15, 0.2) is 9.84 Å². The minimum Gasteiger partial charge on any atom is -0.313 e. The fourth-order valence-corrected chi connectivity index (χ4v) is 3.28. The first-order valence-corrected chi connectivity index (χ1v) is 10.3. The molecular weight excluding hydrogens is 270 g/mol. The van der Waals surface area contributed by atoms with Crippen molar-refractivity contribution in [2.45, 2.75) is 89.9 Å². The molecular formula is C16H35NO2S. The minimum atomic E-state index is -2.95. The molecule has 0 fully saturated rings. The second-order valence-electron chi connectivity index (χ2n) is 6.01. The first kappa shape index (κ1) is 19.9. The molecule has 0 aliphatic rings.